The number of carbonyl (C=O) groups excluding carboxylic acids is 2. The van der Waals surface area contributed by atoms with Gasteiger partial charge in [-0.2, -0.15) is 0 Å². The molecule has 1 N–H and O–H groups in total. The summed E-state index contributed by atoms with van der Waals surface area (Å²) in [4.78, 5) is 30.5. The van der Waals surface area contributed by atoms with Crippen LogP contribution in [0.5, 0.6) is 11.5 Å². The minimum Gasteiger partial charge on any atom is -0.493 e. The van der Waals surface area contributed by atoms with Gasteiger partial charge in [0.15, 0.2) is 11.5 Å². The molecule has 9 nitrogen and oxygen atoms in total. The topological polar surface area (TPSA) is 93.5 Å². The third-order valence-corrected chi connectivity index (χ3v) is 7.06. The smallest absolute Gasteiger partial charge is 0.322 e. The monoisotopic (exact) mass is 549 g/mol. The van der Waals surface area contributed by atoms with E-state index in [9.17, 15) is 9.59 Å². The summed E-state index contributed by atoms with van der Waals surface area (Å²) >= 11 is 0. The summed E-state index contributed by atoms with van der Waals surface area (Å²) in [5.74, 6) is 2.57. The number of benzene rings is 2. The fourth-order valence-corrected chi connectivity index (χ4v) is 4.77. The predicted octanol–water partition coefficient (Wildman–Crippen LogP) is 5.20. The van der Waals surface area contributed by atoms with Crippen LogP contribution < -0.4 is 14.8 Å². The van der Waals surface area contributed by atoms with E-state index < -0.39 is 0 Å². The molecule has 1 saturated heterocycles. The molecule has 0 saturated carbocycles. The highest BCUT2D eigenvalue weighted by Crippen LogP contribution is 2.28. The van der Waals surface area contributed by atoms with E-state index >= 15 is 0 Å². The predicted molar refractivity (Wildman–Crippen MR) is 153 cm³/mol. The molecular weight excluding hydrogens is 510 g/mol. The van der Waals surface area contributed by atoms with E-state index in [-0.39, 0.29) is 24.6 Å². The highest BCUT2D eigenvalue weighted by molar-refractivity contribution is 5.93. The van der Waals surface area contributed by atoms with Gasteiger partial charge in [0.25, 0.3) is 0 Å². The zero-order valence-corrected chi connectivity index (χ0v) is 23.8. The highest BCUT2D eigenvalue weighted by atomic mass is 16.5. The standard InChI is InChI=1S/C31H39N3O6/c1-22-8-5-6-10-27(22)32-31(36)34(19-25-9-7-17-39-25)21-30(35)33(20-26-13-11-23(2)40-26)16-15-24-12-14-28(37-3)29(18-24)38-4/h5-6,8,10-14,18,25H,7,9,15-17,19-21H2,1-4H3,(H,32,36). The van der Waals surface area contributed by atoms with Crippen LogP contribution in [0, 0.1) is 13.8 Å². The third kappa shape index (κ3) is 7.79. The maximum atomic E-state index is 13.8. The Morgan fingerprint density at radius 2 is 1.80 bits per heavy atom. The van der Waals surface area contributed by atoms with Gasteiger partial charge in [0.1, 0.15) is 18.1 Å². The summed E-state index contributed by atoms with van der Waals surface area (Å²) in [6.07, 6.45) is 2.30. The van der Waals surface area contributed by atoms with Crippen molar-refractivity contribution in [1.29, 1.82) is 0 Å². The number of rotatable bonds is 12. The highest BCUT2D eigenvalue weighted by Gasteiger charge is 2.27. The summed E-state index contributed by atoms with van der Waals surface area (Å²) < 4.78 is 22.4. The Morgan fingerprint density at radius 3 is 2.48 bits per heavy atom. The number of urea groups is 1. The number of anilines is 1. The third-order valence-electron chi connectivity index (χ3n) is 7.06. The molecule has 1 aliphatic rings. The Hall–Kier alpha value is -3.98. The Labute approximate surface area is 236 Å². The van der Waals surface area contributed by atoms with Crippen LogP contribution in [0.1, 0.15) is 35.5 Å². The second kappa shape index (κ2) is 13.9. The number of hydrogen-bond acceptors (Lipinski definition) is 6. The van der Waals surface area contributed by atoms with Gasteiger partial charge in [-0.1, -0.05) is 24.3 Å². The summed E-state index contributed by atoms with van der Waals surface area (Å²) in [5, 5.41) is 2.98. The van der Waals surface area contributed by atoms with E-state index in [0.29, 0.717) is 55.6 Å². The fraction of sp³-hybridized carbons (Fsp3) is 0.419. The number of para-hydroxylation sites is 1. The summed E-state index contributed by atoms with van der Waals surface area (Å²) in [5.41, 5.74) is 2.66. The van der Waals surface area contributed by atoms with E-state index in [0.717, 1.165) is 29.7 Å². The number of furan rings is 1. The van der Waals surface area contributed by atoms with Crippen molar-refractivity contribution in [1.82, 2.24) is 9.80 Å². The average molecular weight is 550 g/mol. The zero-order valence-electron chi connectivity index (χ0n) is 23.8. The molecule has 1 aromatic heterocycles. The molecule has 214 valence electrons. The van der Waals surface area contributed by atoms with Crippen LogP contribution in [0.25, 0.3) is 0 Å². The van der Waals surface area contributed by atoms with Crippen molar-refractivity contribution in [2.45, 2.75) is 45.8 Å². The first kappa shape index (κ1) is 29.0. The van der Waals surface area contributed by atoms with Crippen molar-refractivity contribution in [3.05, 3.63) is 77.2 Å². The van der Waals surface area contributed by atoms with Gasteiger partial charge in [-0.15, -0.1) is 0 Å². The number of carbonyl (C=O) groups is 2. The van der Waals surface area contributed by atoms with Gasteiger partial charge in [-0.25, -0.2) is 4.79 Å². The molecule has 3 aromatic rings. The molecule has 1 atom stereocenters. The van der Waals surface area contributed by atoms with Crippen molar-refractivity contribution in [2.24, 2.45) is 0 Å². The number of nitrogens with one attached hydrogen (secondary N) is 1. The lowest BCUT2D eigenvalue weighted by atomic mass is 10.1. The van der Waals surface area contributed by atoms with Gasteiger partial charge in [0.2, 0.25) is 5.91 Å². The number of hydrogen-bond donors (Lipinski definition) is 1. The molecule has 0 radical (unpaired) electrons. The molecule has 3 amide bonds. The summed E-state index contributed by atoms with van der Waals surface area (Å²) in [6.45, 7) is 5.47. The second-order valence-electron chi connectivity index (χ2n) is 10.0. The molecule has 40 heavy (non-hydrogen) atoms. The summed E-state index contributed by atoms with van der Waals surface area (Å²) in [7, 11) is 3.20. The first-order valence-electron chi connectivity index (χ1n) is 13.6. The molecule has 0 spiro atoms. The molecule has 0 bridgehead atoms. The van der Waals surface area contributed by atoms with Crippen molar-refractivity contribution < 1.29 is 28.2 Å². The van der Waals surface area contributed by atoms with Crippen molar-refractivity contribution >= 4 is 17.6 Å². The minimum absolute atomic E-state index is 0.0802. The van der Waals surface area contributed by atoms with Crippen LogP contribution in [-0.4, -0.2) is 68.3 Å². The van der Waals surface area contributed by atoms with Gasteiger partial charge in [-0.3, -0.25) is 4.79 Å². The van der Waals surface area contributed by atoms with Crippen molar-refractivity contribution in [3.8, 4) is 11.5 Å². The minimum atomic E-state index is -0.327. The largest absolute Gasteiger partial charge is 0.493 e. The second-order valence-corrected chi connectivity index (χ2v) is 10.0. The number of nitrogens with zero attached hydrogens (tertiary/aromatic N) is 2. The molecule has 9 heteroatoms. The van der Waals surface area contributed by atoms with Gasteiger partial charge < -0.3 is 33.7 Å². The van der Waals surface area contributed by atoms with Gasteiger partial charge >= 0.3 is 6.03 Å². The molecule has 1 fully saturated rings. The molecule has 2 heterocycles. The number of aryl methyl sites for hydroxylation is 2. The number of ether oxygens (including phenoxy) is 3. The molecular formula is C31H39N3O6. The molecule has 4 rings (SSSR count). The maximum Gasteiger partial charge on any atom is 0.322 e. The van der Waals surface area contributed by atoms with Crippen LogP contribution in [0.4, 0.5) is 10.5 Å². The molecule has 2 aromatic carbocycles. The molecule has 1 unspecified atom stereocenters. The van der Waals surface area contributed by atoms with Crippen LogP contribution >= 0.6 is 0 Å². The Morgan fingerprint density at radius 1 is 1.00 bits per heavy atom. The van der Waals surface area contributed by atoms with E-state index in [2.05, 4.69) is 5.32 Å². The van der Waals surface area contributed by atoms with Crippen LogP contribution in [0.3, 0.4) is 0 Å². The van der Waals surface area contributed by atoms with Crippen molar-refractivity contribution in [3.63, 3.8) is 0 Å². The van der Waals surface area contributed by atoms with Crippen LogP contribution in [0.15, 0.2) is 59.0 Å². The number of methoxy groups -OCH3 is 2. The fourth-order valence-electron chi connectivity index (χ4n) is 4.77. The normalized spacial score (nSPS) is 14.6. The maximum absolute atomic E-state index is 13.8. The lowest BCUT2D eigenvalue weighted by Crippen LogP contribution is -2.47. The van der Waals surface area contributed by atoms with E-state index in [4.69, 9.17) is 18.6 Å². The Kier molecular flexibility index (Phi) is 10.1. The Bertz CT molecular complexity index is 1280. The SMILES string of the molecule is COc1ccc(CCN(Cc2ccc(C)o2)C(=O)CN(CC2CCCO2)C(=O)Nc2ccccc2C)cc1OC. The van der Waals surface area contributed by atoms with Gasteiger partial charge in [-0.05, 0) is 74.6 Å². The lowest BCUT2D eigenvalue weighted by molar-refractivity contribution is -0.132. The Balaban J connectivity index is 1.51. The zero-order chi connectivity index (χ0) is 28.5. The number of amides is 3. The molecule has 0 aliphatic carbocycles. The van der Waals surface area contributed by atoms with E-state index in [1.165, 1.54) is 0 Å². The van der Waals surface area contributed by atoms with Crippen LogP contribution in [0.2, 0.25) is 0 Å². The summed E-state index contributed by atoms with van der Waals surface area (Å²) in [6, 6.07) is 16.7. The van der Waals surface area contributed by atoms with E-state index in [1.54, 1.807) is 24.0 Å². The lowest BCUT2D eigenvalue weighted by Gasteiger charge is -2.29. The first-order valence-corrected chi connectivity index (χ1v) is 13.6. The van der Waals surface area contributed by atoms with Gasteiger partial charge in [0, 0.05) is 25.4 Å². The molecule has 1 aliphatic heterocycles. The average Bonchev–Trinajstić information content (AvgIpc) is 3.63. The first-order chi connectivity index (χ1) is 19.4. The quantitative estimate of drug-likeness (QED) is 0.334. The van der Waals surface area contributed by atoms with Crippen LogP contribution in [-0.2, 0) is 22.5 Å². The van der Waals surface area contributed by atoms with Crippen molar-refractivity contribution in [2.75, 3.05) is 45.8 Å². The van der Waals surface area contributed by atoms with Gasteiger partial charge in [0.05, 0.1) is 26.9 Å². The van der Waals surface area contributed by atoms with E-state index in [1.807, 2.05) is 68.4 Å².